The van der Waals surface area contributed by atoms with Crippen LogP contribution in [0.25, 0.3) is 0 Å². The lowest BCUT2D eigenvalue weighted by Crippen LogP contribution is -2.45. The summed E-state index contributed by atoms with van der Waals surface area (Å²) in [7, 11) is -1.64. The van der Waals surface area contributed by atoms with Crippen LogP contribution in [0.2, 0.25) is 18.1 Å². The van der Waals surface area contributed by atoms with Gasteiger partial charge in [-0.1, -0.05) is 76.1 Å². The summed E-state index contributed by atoms with van der Waals surface area (Å²) in [6.07, 6.45) is 8.24. The van der Waals surface area contributed by atoms with Crippen LogP contribution < -0.4 is 0 Å². The molecule has 0 saturated heterocycles. The van der Waals surface area contributed by atoms with Crippen LogP contribution in [0.5, 0.6) is 0 Å². The van der Waals surface area contributed by atoms with Gasteiger partial charge in [-0.05, 0) is 36.5 Å². The van der Waals surface area contributed by atoms with Crippen LogP contribution in [0, 0.1) is 0 Å². The summed E-state index contributed by atoms with van der Waals surface area (Å²) in [6, 6.07) is 13.4. The Morgan fingerprint density at radius 2 is 1.65 bits per heavy atom. The Balaban J connectivity index is 2.16. The Morgan fingerprint density at radius 1 is 1.09 bits per heavy atom. The smallest absolute Gasteiger partial charge is 0.193 e. The average Bonchev–Trinajstić information content (AvgIpc) is 3.07. The Morgan fingerprint density at radius 3 is 2.17 bits per heavy atom. The maximum absolute atomic E-state index is 10.4. The molecule has 0 aliphatic heterocycles. The normalized spacial score (nSPS) is 19.3. The van der Waals surface area contributed by atoms with Gasteiger partial charge in [0, 0.05) is 0 Å². The lowest BCUT2D eigenvalue weighted by atomic mass is 10.00. The predicted molar refractivity (Wildman–Crippen MR) is 100 cm³/mol. The average molecular weight is 333 g/mol. The molecule has 0 spiro atoms. The molecule has 3 heteroatoms. The van der Waals surface area contributed by atoms with Crippen LogP contribution in [0.1, 0.15) is 58.1 Å². The highest BCUT2D eigenvalue weighted by Crippen LogP contribution is 2.40. The minimum absolute atomic E-state index is 0.135. The van der Waals surface area contributed by atoms with Crippen molar-refractivity contribution in [1.29, 1.82) is 0 Å². The van der Waals surface area contributed by atoms with Gasteiger partial charge in [0.05, 0.1) is 11.7 Å². The number of benzene rings is 1. The van der Waals surface area contributed by atoms with Crippen LogP contribution >= 0.6 is 0 Å². The Labute approximate surface area is 142 Å². The second kappa shape index (κ2) is 8.27. The second-order valence-corrected chi connectivity index (χ2v) is 11.5. The minimum atomic E-state index is -1.64. The highest BCUT2D eigenvalue weighted by Gasteiger charge is 2.41. The van der Waals surface area contributed by atoms with E-state index in [9.17, 15) is 5.11 Å². The quantitative estimate of drug-likeness (QED) is 0.495. The summed E-state index contributed by atoms with van der Waals surface area (Å²) in [5, 5.41) is 10.4. The third kappa shape index (κ3) is 4.56. The number of aliphatic hydroxyl groups is 1. The molecule has 1 N–H and O–H groups in total. The minimum Gasteiger partial charge on any atom is -0.408 e. The van der Waals surface area contributed by atoms with Gasteiger partial charge in [-0.25, -0.2) is 0 Å². The van der Waals surface area contributed by atoms with Gasteiger partial charge in [0.15, 0.2) is 8.32 Å². The summed E-state index contributed by atoms with van der Waals surface area (Å²) in [5.74, 6) is 0. The van der Waals surface area contributed by atoms with E-state index in [1.807, 2.05) is 36.4 Å². The Bertz CT molecular complexity index is 479. The third-order valence-electron chi connectivity index (χ3n) is 5.53. The number of rotatable bonds is 8. The van der Waals surface area contributed by atoms with Gasteiger partial charge in [0.1, 0.15) is 0 Å². The molecule has 0 radical (unpaired) electrons. The molecule has 0 heterocycles. The van der Waals surface area contributed by atoms with Gasteiger partial charge < -0.3 is 9.53 Å². The molecule has 1 aromatic carbocycles. The lowest BCUT2D eigenvalue weighted by molar-refractivity contribution is 0.111. The molecule has 0 bridgehead atoms. The molecule has 0 aromatic heterocycles. The van der Waals surface area contributed by atoms with Crippen molar-refractivity contribution in [3.05, 3.63) is 48.0 Å². The van der Waals surface area contributed by atoms with Gasteiger partial charge in [0.25, 0.3) is 0 Å². The fourth-order valence-corrected chi connectivity index (χ4v) is 6.77. The van der Waals surface area contributed by atoms with E-state index in [0.29, 0.717) is 0 Å². The molecule has 23 heavy (non-hydrogen) atoms. The van der Waals surface area contributed by atoms with Gasteiger partial charge in [-0.3, -0.25) is 0 Å². The fraction of sp³-hybridized carbons (Fsp3) is 0.600. The van der Waals surface area contributed by atoms with Gasteiger partial charge in [0.2, 0.25) is 0 Å². The largest absolute Gasteiger partial charge is 0.408 e. The molecule has 0 amide bonds. The molecule has 1 unspecified atom stereocenters. The predicted octanol–water partition coefficient (Wildman–Crippen LogP) is 5.61. The zero-order chi connectivity index (χ0) is 16.8. The zero-order valence-corrected chi connectivity index (χ0v) is 15.9. The van der Waals surface area contributed by atoms with E-state index in [4.69, 9.17) is 4.43 Å². The molecule has 1 fully saturated rings. The monoisotopic (exact) mass is 332 g/mol. The number of hydrogen-bond acceptors (Lipinski definition) is 2. The SMILES string of the molecule is CC[Si](CC)(CC)OC1(/C=C/C(O)c2ccccc2)CCCC1. The van der Waals surface area contributed by atoms with Crippen molar-refractivity contribution in [3.63, 3.8) is 0 Å². The molecule has 2 nitrogen and oxygen atoms in total. The zero-order valence-electron chi connectivity index (χ0n) is 14.9. The third-order valence-corrected chi connectivity index (χ3v) is 10.2. The van der Waals surface area contributed by atoms with E-state index in [1.165, 1.54) is 31.0 Å². The molecule has 128 valence electrons. The lowest BCUT2D eigenvalue weighted by Gasteiger charge is -2.39. The van der Waals surface area contributed by atoms with Crippen molar-refractivity contribution in [2.24, 2.45) is 0 Å². The first-order valence-electron chi connectivity index (χ1n) is 9.21. The van der Waals surface area contributed by atoms with E-state index >= 15 is 0 Å². The number of hydrogen-bond donors (Lipinski definition) is 1. The van der Waals surface area contributed by atoms with Gasteiger partial charge in [-0.15, -0.1) is 0 Å². The van der Waals surface area contributed by atoms with Crippen molar-refractivity contribution in [2.75, 3.05) is 0 Å². The fourth-order valence-electron chi connectivity index (χ4n) is 3.70. The van der Waals surface area contributed by atoms with E-state index in [1.54, 1.807) is 0 Å². The summed E-state index contributed by atoms with van der Waals surface area (Å²) >= 11 is 0. The van der Waals surface area contributed by atoms with Gasteiger partial charge >= 0.3 is 0 Å². The summed E-state index contributed by atoms with van der Waals surface area (Å²) in [6.45, 7) is 6.85. The summed E-state index contributed by atoms with van der Waals surface area (Å²) < 4.78 is 6.86. The molecule has 2 rings (SSSR count). The first-order chi connectivity index (χ1) is 11.1. The van der Waals surface area contributed by atoms with Crippen LogP contribution in [0.3, 0.4) is 0 Å². The van der Waals surface area contributed by atoms with Crippen molar-refractivity contribution < 1.29 is 9.53 Å². The molecular formula is C20H32O2Si. The van der Waals surface area contributed by atoms with Crippen LogP contribution in [0.4, 0.5) is 0 Å². The highest BCUT2D eigenvalue weighted by atomic mass is 28.4. The van der Waals surface area contributed by atoms with Crippen LogP contribution in [-0.2, 0) is 4.43 Å². The molecule has 1 aliphatic carbocycles. The van der Waals surface area contributed by atoms with E-state index in [2.05, 4.69) is 26.8 Å². The van der Waals surface area contributed by atoms with Crippen molar-refractivity contribution in [2.45, 2.75) is 76.3 Å². The Kier molecular flexibility index (Phi) is 6.63. The topological polar surface area (TPSA) is 29.5 Å². The molecule has 1 aliphatic rings. The Hall–Kier alpha value is -0.903. The summed E-state index contributed by atoms with van der Waals surface area (Å²) in [4.78, 5) is 0. The van der Waals surface area contributed by atoms with Crippen molar-refractivity contribution >= 4 is 8.32 Å². The maximum atomic E-state index is 10.4. The molecule has 1 aromatic rings. The van der Waals surface area contributed by atoms with E-state index in [-0.39, 0.29) is 5.60 Å². The highest BCUT2D eigenvalue weighted by molar-refractivity contribution is 6.73. The molecule has 1 saturated carbocycles. The second-order valence-electron chi connectivity index (χ2n) is 6.83. The standard InChI is InChI=1S/C20H32O2Si/c1-4-23(5-2,6-3)22-20(15-10-11-16-20)17-14-19(21)18-12-8-7-9-13-18/h7-9,12-14,17,19,21H,4-6,10-11,15-16H2,1-3H3/b17-14+. The maximum Gasteiger partial charge on any atom is 0.193 e. The molecule has 1 atom stereocenters. The first kappa shape index (κ1) is 18.4. The number of aliphatic hydroxyl groups excluding tert-OH is 1. The first-order valence-corrected chi connectivity index (χ1v) is 11.7. The van der Waals surface area contributed by atoms with Crippen LogP contribution in [0.15, 0.2) is 42.5 Å². The van der Waals surface area contributed by atoms with Crippen LogP contribution in [-0.4, -0.2) is 19.0 Å². The van der Waals surface area contributed by atoms with E-state index in [0.717, 1.165) is 18.4 Å². The van der Waals surface area contributed by atoms with Crippen molar-refractivity contribution in [1.82, 2.24) is 0 Å². The van der Waals surface area contributed by atoms with Crippen molar-refractivity contribution in [3.8, 4) is 0 Å². The summed E-state index contributed by atoms with van der Waals surface area (Å²) in [5.41, 5.74) is 0.811. The van der Waals surface area contributed by atoms with E-state index < -0.39 is 14.4 Å². The molecular weight excluding hydrogens is 300 g/mol. The van der Waals surface area contributed by atoms with Gasteiger partial charge in [-0.2, -0.15) is 0 Å².